The normalized spacial score (nSPS) is 15.0. The Bertz CT molecular complexity index is 1330. The highest BCUT2D eigenvalue weighted by Crippen LogP contribution is 2.36. The number of ether oxygens (including phenoxy) is 1. The Balaban J connectivity index is 1.38. The van der Waals surface area contributed by atoms with Crippen molar-refractivity contribution in [2.45, 2.75) is 12.7 Å². The van der Waals surface area contributed by atoms with Gasteiger partial charge in [0.1, 0.15) is 0 Å². The number of hydrogen-bond donors (Lipinski definition) is 1. The molecule has 176 valence electrons. The lowest BCUT2D eigenvalue weighted by molar-refractivity contribution is -0.137. The maximum atomic E-state index is 13.5. The second-order valence-electron chi connectivity index (χ2n) is 7.66. The molecule has 1 N–H and O–H groups in total. The van der Waals surface area contributed by atoms with Gasteiger partial charge in [0.2, 0.25) is 0 Å². The van der Waals surface area contributed by atoms with Gasteiger partial charge in [0, 0.05) is 30.6 Å². The highest BCUT2D eigenvalue weighted by molar-refractivity contribution is 7.13. The van der Waals surface area contributed by atoms with E-state index in [0.29, 0.717) is 30.5 Å². The monoisotopic (exact) mass is 488 g/mol. The van der Waals surface area contributed by atoms with Crippen LogP contribution in [-0.4, -0.2) is 56.7 Å². The molecule has 0 unspecified atom stereocenters. The van der Waals surface area contributed by atoms with Crippen molar-refractivity contribution in [1.82, 2.24) is 24.5 Å². The summed E-state index contributed by atoms with van der Waals surface area (Å²) in [6.45, 7) is 3.68. The number of nitrogens with zero attached hydrogens (tertiary/aromatic N) is 5. The third-order valence-electron chi connectivity index (χ3n) is 5.36. The van der Waals surface area contributed by atoms with E-state index in [2.05, 4.69) is 25.3 Å². The van der Waals surface area contributed by atoms with Crippen LogP contribution in [0.25, 0.3) is 16.9 Å². The Morgan fingerprint density at radius 2 is 1.94 bits per heavy atom. The van der Waals surface area contributed by atoms with E-state index in [0.717, 1.165) is 24.8 Å². The molecule has 1 aromatic carbocycles. The number of morpholine rings is 1. The van der Waals surface area contributed by atoms with Crippen LogP contribution in [0, 0.1) is 0 Å². The van der Waals surface area contributed by atoms with Gasteiger partial charge in [0.25, 0.3) is 5.91 Å². The van der Waals surface area contributed by atoms with Crippen LogP contribution in [0.5, 0.6) is 0 Å². The Morgan fingerprint density at radius 3 is 2.74 bits per heavy atom. The molecular weight excluding hydrogens is 469 g/mol. The number of thiazole rings is 1. The highest BCUT2D eigenvalue weighted by Gasteiger charge is 2.33. The predicted molar refractivity (Wildman–Crippen MR) is 120 cm³/mol. The molecule has 1 aliphatic rings. The number of fused-ring (bicyclic) bond motifs is 1. The number of nitrogens with one attached hydrogen (secondary N) is 1. The van der Waals surface area contributed by atoms with Crippen molar-refractivity contribution in [3.8, 4) is 11.3 Å². The summed E-state index contributed by atoms with van der Waals surface area (Å²) < 4.78 is 47.0. The Hall–Kier alpha value is -3.35. The molecule has 34 heavy (non-hydrogen) atoms. The van der Waals surface area contributed by atoms with Crippen LogP contribution in [0.2, 0.25) is 0 Å². The summed E-state index contributed by atoms with van der Waals surface area (Å²) in [5, 5.41) is 9.31. The standard InChI is InChI=1S/C22H19F3N6O2S/c23-22(24,25)16-4-2-1-3-15(16)17-5-6-19-26-11-18(31(19)29-17)20(32)28-21-27-14(13-34-21)12-30-7-9-33-10-8-30/h1-6,11,13H,7-10,12H2,(H,27,28,32). The van der Waals surface area contributed by atoms with Crippen LogP contribution in [0.15, 0.2) is 48.0 Å². The van der Waals surface area contributed by atoms with Crippen molar-refractivity contribution in [3.63, 3.8) is 0 Å². The number of carbonyl (C=O) groups excluding carboxylic acids is 1. The summed E-state index contributed by atoms with van der Waals surface area (Å²) in [6.07, 6.45) is -3.20. The van der Waals surface area contributed by atoms with Gasteiger partial charge < -0.3 is 4.74 Å². The van der Waals surface area contributed by atoms with E-state index >= 15 is 0 Å². The maximum absolute atomic E-state index is 13.5. The molecule has 1 aliphatic heterocycles. The number of halogens is 3. The number of imidazole rings is 1. The smallest absolute Gasteiger partial charge is 0.379 e. The van der Waals surface area contributed by atoms with Gasteiger partial charge in [-0.1, -0.05) is 18.2 Å². The molecule has 5 rings (SSSR count). The number of aromatic nitrogens is 4. The zero-order valence-electron chi connectivity index (χ0n) is 17.7. The molecule has 8 nitrogen and oxygen atoms in total. The van der Waals surface area contributed by atoms with Gasteiger partial charge in [-0.3, -0.25) is 15.0 Å². The topological polar surface area (TPSA) is 84.7 Å². The Kier molecular flexibility index (Phi) is 6.02. The molecule has 1 amide bonds. The molecule has 1 fully saturated rings. The average Bonchev–Trinajstić information content (AvgIpc) is 3.45. The van der Waals surface area contributed by atoms with Crippen molar-refractivity contribution in [2.24, 2.45) is 0 Å². The minimum atomic E-state index is -4.54. The van der Waals surface area contributed by atoms with Crippen molar-refractivity contribution >= 4 is 28.0 Å². The minimum Gasteiger partial charge on any atom is -0.379 e. The van der Waals surface area contributed by atoms with E-state index in [-0.39, 0.29) is 17.0 Å². The first-order valence-corrected chi connectivity index (χ1v) is 11.3. The summed E-state index contributed by atoms with van der Waals surface area (Å²) in [7, 11) is 0. The summed E-state index contributed by atoms with van der Waals surface area (Å²) in [6, 6.07) is 8.15. The van der Waals surface area contributed by atoms with Crippen molar-refractivity contribution < 1.29 is 22.7 Å². The van der Waals surface area contributed by atoms with Crippen molar-refractivity contribution in [3.05, 3.63) is 64.9 Å². The van der Waals surface area contributed by atoms with Crippen LogP contribution in [0.3, 0.4) is 0 Å². The highest BCUT2D eigenvalue weighted by atomic mass is 32.1. The first-order chi connectivity index (χ1) is 16.4. The zero-order chi connectivity index (χ0) is 23.7. The van der Waals surface area contributed by atoms with Gasteiger partial charge >= 0.3 is 6.18 Å². The molecule has 0 spiro atoms. The van der Waals surface area contributed by atoms with E-state index in [9.17, 15) is 18.0 Å². The first kappa shape index (κ1) is 22.4. The lowest BCUT2D eigenvalue weighted by Crippen LogP contribution is -2.35. The lowest BCUT2D eigenvalue weighted by Gasteiger charge is -2.25. The molecule has 4 aromatic rings. The van der Waals surface area contributed by atoms with E-state index < -0.39 is 17.6 Å². The number of anilines is 1. The Labute approximate surface area is 196 Å². The van der Waals surface area contributed by atoms with E-state index in [1.165, 1.54) is 52.4 Å². The average molecular weight is 488 g/mol. The fraction of sp³-hybridized carbons (Fsp3) is 0.273. The molecule has 12 heteroatoms. The number of amides is 1. The molecule has 1 saturated heterocycles. The molecule has 3 aromatic heterocycles. The first-order valence-electron chi connectivity index (χ1n) is 10.5. The molecule has 0 aliphatic carbocycles. The van der Waals surface area contributed by atoms with Crippen LogP contribution in [-0.2, 0) is 17.5 Å². The van der Waals surface area contributed by atoms with Gasteiger partial charge in [-0.05, 0) is 18.2 Å². The van der Waals surface area contributed by atoms with Gasteiger partial charge in [0.15, 0.2) is 16.5 Å². The van der Waals surface area contributed by atoms with E-state index in [4.69, 9.17) is 4.74 Å². The summed E-state index contributed by atoms with van der Waals surface area (Å²) in [5.41, 5.74) is 0.462. The molecule has 4 heterocycles. The fourth-order valence-corrected chi connectivity index (χ4v) is 4.41. The number of hydrogen-bond acceptors (Lipinski definition) is 7. The SMILES string of the molecule is O=C(Nc1nc(CN2CCOCC2)cs1)c1cnc2ccc(-c3ccccc3C(F)(F)F)nn12. The van der Waals surface area contributed by atoms with Gasteiger partial charge in [-0.15, -0.1) is 11.3 Å². The van der Waals surface area contributed by atoms with Crippen molar-refractivity contribution in [2.75, 3.05) is 31.6 Å². The van der Waals surface area contributed by atoms with Gasteiger partial charge in [0.05, 0.1) is 36.4 Å². The lowest BCUT2D eigenvalue weighted by atomic mass is 10.0. The number of benzene rings is 1. The van der Waals surface area contributed by atoms with Crippen LogP contribution in [0.4, 0.5) is 18.3 Å². The number of rotatable bonds is 5. The second-order valence-corrected chi connectivity index (χ2v) is 8.52. The van der Waals surface area contributed by atoms with Crippen LogP contribution in [0.1, 0.15) is 21.7 Å². The molecule has 0 bridgehead atoms. The zero-order valence-corrected chi connectivity index (χ0v) is 18.6. The quantitative estimate of drug-likeness (QED) is 0.458. The van der Waals surface area contributed by atoms with E-state index in [1.54, 1.807) is 0 Å². The summed E-state index contributed by atoms with van der Waals surface area (Å²) >= 11 is 1.30. The summed E-state index contributed by atoms with van der Waals surface area (Å²) in [5.74, 6) is -0.506. The third-order valence-corrected chi connectivity index (χ3v) is 6.17. The molecular formula is C22H19F3N6O2S. The third kappa shape index (κ3) is 4.65. The molecule has 0 radical (unpaired) electrons. The van der Waals surface area contributed by atoms with E-state index in [1.807, 2.05) is 5.38 Å². The fourth-order valence-electron chi connectivity index (χ4n) is 3.71. The maximum Gasteiger partial charge on any atom is 0.417 e. The second kappa shape index (κ2) is 9.12. The Morgan fingerprint density at radius 1 is 1.15 bits per heavy atom. The minimum absolute atomic E-state index is 0.0783. The van der Waals surface area contributed by atoms with Gasteiger partial charge in [-0.2, -0.15) is 18.3 Å². The van der Waals surface area contributed by atoms with Crippen LogP contribution < -0.4 is 5.32 Å². The predicted octanol–water partition coefficient (Wildman–Crippen LogP) is 3.96. The van der Waals surface area contributed by atoms with Gasteiger partial charge in [-0.25, -0.2) is 14.5 Å². The number of carbonyl (C=O) groups is 1. The number of alkyl halides is 3. The molecule has 0 atom stereocenters. The molecule has 0 saturated carbocycles. The van der Waals surface area contributed by atoms with Crippen LogP contribution >= 0.6 is 11.3 Å². The summed E-state index contributed by atoms with van der Waals surface area (Å²) in [4.78, 5) is 23.8. The van der Waals surface area contributed by atoms with Crippen molar-refractivity contribution in [1.29, 1.82) is 0 Å². The largest absolute Gasteiger partial charge is 0.417 e.